The Kier molecular flexibility index (Phi) is 6.90. The number of rotatable bonds is 9. The molecule has 2 heterocycles. The van der Waals surface area contributed by atoms with Crippen LogP contribution in [0.4, 0.5) is 4.79 Å². The van der Waals surface area contributed by atoms with Gasteiger partial charge in [0.25, 0.3) is 0 Å². The number of carbonyl (C=O) groups is 3. The molecular formula is C18H23NO6S. The summed E-state index contributed by atoms with van der Waals surface area (Å²) in [6.07, 6.45) is 1.95. The highest BCUT2D eigenvalue weighted by Crippen LogP contribution is 2.47. The molecule has 2 rings (SSSR count). The molecular weight excluding hydrogens is 358 g/mol. The van der Waals surface area contributed by atoms with Gasteiger partial charge >= 0.3 is 12.1 Å². The van der Waals surface area contributed by atoms with E-state index in [-0.39, 0.29) is 25.2 Å². The van der Waals surface area contributed by atoms with Gasteiger partial charge in [-0.15, -0.1) is 11.8 Å². The van der Waals surface area contributed by atoms with Crippen LogP contribution in [0.2, 0.25) is 0 Å². The maximum absolute atomic E-state index is 12.6. The first-order chi connectivity index (χ1) is 12.5. The van der Waals surface area contributed by atoms with Gasteiger partial charge in [0.2, 0.25) is 5.91 Å². The summed E-state index contributed by atoms with van der Waals surface area (Å²) in [4.78, 5) is 38.9. The predicted molar refractivity (Wildman–Crippen MR) is 97.1 cm³/mol. The zero-order valence-corrected chi connectivity index (χ0v) is 15.8. The van der Waals surface area contributed by atoms with Crippen LogP contribution in [0.25, 0.3) is 0 Å². The molecule has 0 aromatic carbocycles. The molecule has 0 bridgehead atoms. The molecule has 1 saturated heterocycles. The van der Waals surface area contributed by atoms with Crippen molar-refractivity contribution in [2.75, 3.05) is 19.0 Å². The van der Waals surface area contributed by atoms with Crippen molar-refractivity contribution in [1.29, 1.82) is 0 Å². The number of ether oxygens (including phenoxy) is 3. The molecule has 3 atom stereocenters. The Labute approximate surface area is 157 Å². The fourth-order valence-corrected chi connectivity index (χ4v) is 4.05. The molecule has 0 N–H and O–H groups in total. The third-order valence-corrected chi connectivity index (χ3v) is 5.12. The number of esters is 1. The van der Waals surface area contributed by atoms with E-state index in [0.29, 0.717) is 12.1 Å². The second kappa shape index (κ2) is 8.93. The summed E-state index contributed by atoms with van der Waals surface area (Å²) in [6, 6.07) is -0.218. The minimum absolute atomic E-state index is 0.0395. The first-order valence-corrected chi connectivity index (χ1v) is 9.36. The number of β-lactam (4-membered cyclic amide) rings is 1. The van der Waals surface area contributed by atoms with E-state index in [1.54, 1.807) is 6.92 Å². The molecule has 0 aromatic heterocycles. The molecule has 1 amide bonds. The number of carbonyl (C=O) groups excluding carboxylic acids is 3. The van der Waals surface area contributed by atoms with E-state index < -0.39 is 24.1 Å². The van der Waals surface area contributed by atoms with Crippen molar-refractivity contribution in [2.24, 2.45) is 5.92 Å². The summed E-state index contributed by atoms with van der Waals surface area (Å²) >= 11 is 1.51. The highest BCUT2D eigenvalue weighted by atomic mass is 32.2. The van der Waals surface area contributed by atoms with Crippen molar-refractivity contribution in [3.8, 4) is 0 Å². The molecule has 0 aromatic rings. The Morgan fingerprint density at radius 3 is 2.58 bits per heavy atom. The second-order valence-corrected chi connectivity index (χ2v) is 7.13. The van der Waals surface area contributed by atoms with Crippen LogP contribution in [0.5, 0.6) is 0 Å². The quantitative estimate of drug-likeness (QED) is 0.345. The van der Waals surface area contributed by atoms with Gasteiger partial charge in [0, 0.05) is 11.3 Å². The lowest BCUT2D eigenvalue weighted by Crippen LogP contribution is -2.62. The summed E-state index contributed by atoms with van der Waals surface area (Å²) in [5, 5.41) is 0. The standard InChI is InChI=1S/C18H23NO6S/c1-5-8-23-17(21)15-13(26-7-3)10-12-14(16(20)19(12)15)11(4)25-18(22)24-9-6-2/h5-6,11-12,14H,1-2,7-10H2,3-4H3/t11?,12-,14-/m1/s1. The fourth-order valence-electron chi connectivity index (χ4n) is 3.10. The van der Waals surface area contributed by atoms with Crippen LogP contribution < -0.4 is 0 Å². The molecule has 0 aliphatic carbocycles. The molecule has 0 spiro atoms. The maximum Gasteiger partial charge on any atom is 0.508 e. The lowest BCUT2D eigenvalue weighted by molar-refractivity contribution is -0.162. The minimum atomic E-state index is -0.844. The Balaban J connectivity index is 2.08. The van der Waals surface area contributed by atoms with E-state index in [1.165, 1.54) is 28.8 Å². The molecule has 1 fully saturated rings. The Morgan fingerprint density at radius 2 is 1.96 bits per heavy atom. The lowest BCUT2D eigenvalue weighted by Gasteiger charge is -2.45. The van der Waals surface area contributed by atoms with Crippen LogP contribution in [0, 0.1) is 5.92 Å². The van der Waals surface area contributed by atoms with Gasteiger partial charge in [-0.25, -0.2) is 9.59 Å². The molecule has 0 radical (unpaired) electrons. The van der Waals surface area contributed by atoms with Gasteiger partial charge in [-0.1, -0.05) is 32.2 Å². The number of fused-ring (bicyclic) bond motifs is 1. The van der Waals surface area contributed by atoms with Crippen LogP contribution in [-0.2, 0) is 23.8 Å². The summed E-state index contributed by atoms with van der Waals surface area (Å²) in [5.41, 5.74) is 0.298. The van der Waals surface area contributed by atoms with Crippen LogP contribution in [0.1, 0.15) is 20.3 Å². The molecule has 7 nitrogen and oxygen atoms in total. The van der Waals surface area contributed by atoms with Crippen LogP contribution in [-0.4, -0.2) is 54.0 Å². The zero-order chi connectivity index (χ0) is 19.3. The number of hydrogen-bond acceptors (Lipinski definition) is 7. The molecule has 1 unspecified atom stereocenters. The molecule has 2 aliphatic heterocycles. The van der Waals surface area contributed by atoms with Gasteiger partial charge in [0.15, 0.2) is 0 Å². The molecule has 2 aliphatic rings. The average Bonchev–Trinajstić information content (AvgIpc) is 2.92. The first kappa shape index (κ1) is 20.1. The topological polar surface area (TPSA) is 82.1 Å². The smallest absolute Gasteiger partial charge is 0.457 e. The largest absolute Gasteiger partial charge is 0.508 e. The van der Waals surface area contributed by atoms with Gasteiger partial charge in [-0.3, -0.25) is 4.79 Å². The van der Waals surface area contributed by atoms with Crippen molar-refractivity contribution in [3.05, 3.63) is 35.9 Å². The van der Waals surface area contributed by atoms with E-state index in [2.05, 4.69) is 13.2 Å². The van der Waals surface area contributed by atoms with Crippen molar-refractivity contribution in [3.63, 3.8) is 0 Å². The van der Waals surface area contributed by atoms with E-state index >= 15 is 0 Å². The molecule has 8 heteroatoms. The number of nitrogens with zero attached hydrogens (tertiary/aromatic N) is 1. The second-order valence-electron chi connectivity index (χ2n) is 5.77. The predicted octanol–water partition coefficient (Wildman–Crippen LogP) is 2.64. The Morgan fingerprint density at radius 1 is 1.31 bits per heavy atom. The van der Waals surface area contributed by atoms with Gasteiger partial charge < -0.3 is 19.1 Å². The summed E-state index contributed by atoms with van der Waals surface area (Å²) in [6.45, 7) is 10.7. The van der Waals surface area contributed by atoms with Crippen molar-refractivity contribution in [2.45, 2.75) is 32.4 Å². The Hall–Kier alpha value is -2.22. The van der Waals surface area contributed by atoms with Gasteiger partial charge in [0.05, 0.1) is 12.0 Å². The molecule has 142 valence electrons. The van der Waals surface area contributed by atoms with Gasteiger partial charge in [-0.2, -0.15) is 0 Å². The van der Waals surface area contributed by atoms with Crippen molar-refractivity contribution in [1.82, 2.24) is 4.90 Å². The fraction of sp³-hybridized carbons (Fsp3) is 0.500. The minimum Gasteiger partial charge on any atom is -0.457 e. The van der Waals surface area contributed by atoms with E-state index in [4.69, 9.17) is 14.2 Å². The first-order valence-electron chi connectivity index (χ1n) is 8.37. The summed E-state index contributed by atoms with van der Waals surface area (Å²) < 4.78 is 15.1. The van der Waals surface area contributed by atoms with E-state index in [1.807, 2.05) is 6.92 Å². The van der Waals surface area contributed by atoms with E-state index in [9.17, 15) is 14.4 Å². The van der Waals surface area contributed by atoms with Gasteiger partial charge in [0.1, 0.15) is 25.0 Å². The normalized spacial score (nSPS) is 22.2. The van der Waals surface area contributed by atoms with Crippen molar-refractivity contribution < 1.29 is 28.6 Å². The third kappa shape index (κ3) is 3.95. The monoisotopic (exact) mass is 381 g/mol. The number of amides is 1. The Bertz CT molecular complexity index is 644. The average molecular weight is 381 g/mol. The molecule has 26 heavy (non-hydrogen) atoms. The molecule has 0 saturated carbocycles. The van der Waals surface area contributed by atoms with Gasteiger partial charge in [-0.05, 0) is 12.7 Å². The SMILES string of the molecule is C=CCOC(=O)OC(C)[C@H]1C(=O)N2C(C(=O)OCC=C)=C(SCC)C[C@H]12. The summed E-state index contributed by atoms with van der Waals surface area (Å²) in [7, 11) is 0. The van der Waals surface area contributed by atoms with E-state index in [0.717, 1.165) is 10.7 Å². The van der Waals surface area contributed by atoms with Crippen LogP contribution in [0.15, 0.2) is 35.9 Å². The highest BCUT2D eigenvalue weighted by Gasteiger charge is 2.58. The number of hydrogen-bond donors (Lipinski definition) is 0. The maximum atomic E-state index is 12.6. The zero-order valence-electron chi connectivity index (χ0n) is 14.9. The third-order valence-electron chi connectivity index (χ3n) is 4.12. The highest BCUT2D eigenvalue weighted by molar-refractivity contribution is 8.03. The van der Waals surface area contributed by atoms with Crippen LogP contribution >= 0.6 is 11.8 Å². The summed E-state index contributed by atoms with van der Waals surface area (Å²) in [5.74, 6) is -0.527. The van der Waals surface area contributed by atoms with Crippen LogP contribution in [0.3, 0.4) is 0 Å². The number of thioether (sulfide) groups is 1. The van der Waals surface area contributed by atoms with Crippen molar-refractivity contribution >= 4 is 29.8 Å². The lowest BCUT2D eigenvalue weighted by atomic mass is 9.83.